The molecule has 6 nitrogen and oxygen atoms in total. The summed E-state index contributed by atoms with van der Waals surface area (Å²) in [5.41, 5.74) is 8.38. The minimum Gasteiger partial charge on any atom is -0.334 e. The summed E-state index contributed by atoms with van der Waals surface area (Å²) in [5, 5.41) is 12.1. The maximum absolute atomic E-state index is 5.87. The molecule has 0 saturated heterocycles. The largest absolute Gasteiger partial charge is 0.334 e. The second-order valence-corrected chi connectivity index (χ2v) is 4.17. The van der Waals surface area contributed by atoms with E-state index in [2.05, 4.69) is 20.3 Å². The van der Waals surface area contributed by atoms with Gasteiger partial charge in [-0.15, -0.1) is 0 Å². The summed E-state index contributed by atoms with van der Waals surface area (Å²) >= 11 is 0. The maximum atomic E-state index is 5.87. The lowest BCUT2D eigenvalue weighted by molar-refractivity contribution is 0.414. The molecule has 18 heavy (non-hydrogen) atoms. The van der Waals surface area contributed by atoms with Crippen LogP contribution in [0.1, 0.15) is 43.5 Å². The van der Waals surface area contributed by atoms with Crippen molar-refractivity contribution in [3.8, 4) is 11.5 Å². The van der Waals surface area contributed by atoms with E-state index in [9.17, 15) is 0 Å². The highest BCUT2D eigenvalue weighted by atomic mass is 16.5. The van der Waals surface area contributed by atoms with E-state index in [1.54, 1.807) is 0 Å². The van der Waals surface area contributed by atoms with Crippen molar-refractivity contribution in [3.05, 3.63) is 23.3 Å². The molecule has 2 aromatic heterocycles. The standard InChI is InChI=1S/C12H17N5O/c1-4-9(13)11-14-12(18-17-11)8-6-7(3)15-16-10(8)5-2/h6,9H,4-5,13H2,1-3H3. The topological polar surface area (TPSA) is 90.7 Å². The summed E-state index contributed by atoms with van der Waals surface area (Å²) < 4.78 is 5.26. The second-order valence-electron chi connectivity index (χ2n) is 4.17. The summed E-state index contributed by atoms with van der Waals surface area (Å²) in [4.78, 5) is 4.33. The number of nitrogens with two attached hydrogens (primary N) is 1. The third kappa shape index (κ3) is 2.38. The molecule has 1 atom stereocenters. The van der Waals surface area contributed by atoms with Gasteiger partial charge in [0, 0.05) is 0 Å². The molecule has 1 unspecified atom stereocenters. The van der Waals surface area contributed by atoms with Crippen molar-refractivity contribution in [1.29, 1.82) is 0 Å². The van der Waals surface area contributed by atoms with E-state index >= 15 is 0 Å². The van der Waals surface area contributed by atoms with E-state index in [1.807, 2.05) is 26.8 Å². The first-order chi connectivity index (χ1) is 8.65. The average Bonchev–Trinajstić information content (AvgIpc) is 2.87. The molecule has 0 amide bonds. The van der Waals surface area contributed by atoms with Gasteiger partial charge in [-0.25, -0.2) is 0 Å². The Bertz CT molecular complexity index is 537. The van der Waals surface area contributed by atoms with Crippen LogP contribution in [0.15, 0.2) is 10.6 Å². The fourth-order valence-electron chi connectivity index (χ4n) is 1.64. The lowest BCUT2D eigenvalue weighted by Crippen LogP contribution is -2.10. The Labute approximate surface area is 106 Å². The molecule has 0 saturated carbocycles. The lowest BCUT2D eigenvalue weighted by atomic mass is 10.1. The molecule has 96 valence electrons. The SMILES string of the molecule is CCc1nnc(C)cc1-c1nc(C(N)CC)no1. The van der Waals surface area contributed by atoms with Gasteiger partial charge in [0.25, 0.3) is 5.89 Å². The number of hydrogen-bond acceptors (Lipinski definition) is 6. The van der Waals surface area contributed by atoms with Crippen LogP contribution in [0.2, 0.25) is 0 Å². The monoisotopic (exact) mass is 247 g/mol. The van der Waals surface area contributed by atoms with E-state index in [0.29, 0.717) is 11.7 Å². The first-order valence-corrected chi connectivity index (χ1v) is 6.08. The van der Waals surface area contributed by atoms with Gasteiger partial charge in [-0.05, 0) is 25.8 Å². The minimum atomic E-state index is -0.191. The summed E-state index contributed by atoms with van der Waals surface area (Å²) in [6.45, 7) is 5.87. The Morgan fingerprint density at radius 2 is 2.11 bits per heavy atom. The molecule has 0 spiro atoms. The van der Waals surface area contributed by atoms with Gasteiger partial charge in [-0.3, -0.25) is 0 Å². The second kappa shape index (κ2) is 5.22. The van der Waals surface area contributed by atoms with E-state index < -0.39 is 0 Å². The van der Waals surface area contributed by atoms with Gasteiger partial charge in [-0.2, -0.15) is 15.2 Å². The molecule has 0 aliphatic rings. The molecule has 2 rings (SSSR count). The van der Waals surface area contributed by atoms with Gasteiger partial charge >= 0.3 is 0 Å². The van der Waals surface area contributed by atoms with Gasteiger partial charge < -0.3 is 10.3 Å². The quantitative estimate of drug-likeness (QED) is 0.886. The van der Waals surface area contributed by atoms with Crippen LogP contribution < -0.4 is 5.73 Å². The van der Waals surface area contributed by atoms with Crippen LogP contribution in [0.25, 0.3) is 11.5 Å². The zero-order chi connectivity index (χ0) is 13.1. The van der Waals surface area contributed by atoms with Crippen LogP contribution in [-0.4, -0.2) is 20.3 Å². The van der Waals surface area contributed by atoms with Crippen LogP contribution in [0, 0.1) is 6.92 Å². The average molecular weight is 247 g/mol. The molecular formula is C12H17N5O. The van der Waals surface area contributed by atoms with Crippen LogP contribution in [0.5, 0.6) is 0 Å². The van der Waals surface area contributed by atoms with E-state index in [1.165, 1.54) is 0 Å². The van der Waals surface area contributed by atoms with Crippen molar-refractivity contribution < 1.29 is 4.52 Å². The van der Waals surface area contributed by atoms with Gasteiger partial charge in [-0.1, -0.05) is 19.0 Å². The van der Waals surface area contributed by atoms with Gasteiger partial charge in [0.1, 0.15) is 0 Å². The number of hydrogen-bond donors (Lipinski definition) is 1. The Hall–Kier alpha value is -1.82. The minimum absolute atomic E-state index is 0.191. The third-order valence-corrected chi connectivity index (χ3v) is 2.77. The molecule has 0 aliphatic carbocycles. The smallest absolute Gasteiger partial charge is 0.259 e. The van der Waals surface area contributed by atoms with E-state index in [-0.39, 0.29) is 6.04 Å². The molecule has 0 aliphatic heterocycles. The van der Waals surface area contributed by atoms with Crippen LogP contribution in [-0.2, 0) is 6.42 Å². The van der Waals surface area contributed by atoms with Crippen molar-refractivity contribution >= 4 is 0 Å². The first-order valence-electron chi connectivity index (χ1n) is 6.08. The fourth-order valence-corrected chi connectivity index (χ4v) is 1.64. The molecule has 2 N–H and O–H groups in total. The Kier molecular flexibility index (Phi) is 3.66. The van der Waals surface area contributed by atoms with E-state index in [0.717, 1.165) is 29.8 Å². The fraction of sp³-hybridized carbons (Fsp3) is 0.500. The molecule has 0 aromatic carbocycles. The molecule has 0 fully saturated rings. The van der Waals surface area contributed by atoms with Crippen molar-refractivity contribution in [2.45, 2.75) is 39.7 Å². The van der Waals surface area contributed by atoms with Crippen molar-refractivity contribution in [2.75, 3.05) is 0 Å². The highest BCUT2D eigenvalue weighted by Gasteiger charge is 2.17. The highest BCUT2D eigenvalue weighted by molar-refractivity contribution is 5.56. The molecule has 6 heteroatoms. The molecule has 2 heterocycles. The molecule has 0 bridgehead atoms. The van der Waals surface area contributed by atoms with Gasteiger partial charge in [0.2, 0.25) is 0 Å². The van der Waals surface area contributed by atoms with Crippen molar-refractivity contribution in [3.63, 3.8) is 0 Å². The zero-order valence-corrected chi connectivity index (χ0v) is 10.8. The number of aromatic nitrogens is 4. The summed E-state index contributed by atoms with van der Waals surface area (Å²) in [6, 6.07) is 1.71. The van der Waals surface area contributed by atoms with Gasteiger partial charge in [0.05, 0.1) is 23.0 Å². The van der Waals surface area contributed by atoms with E-state index in [4.69, 9.17) is 10.3 Å². The maximum Gasteiger partial charge on any atom is 0.259 e. The Morgan fingerprint density at radius 3 is 2.78 bits per heavy atom. The normalized spacial score (nSPS) is 12.7. The molecular weight excluding hydrogens is 230 g/mol. The third-order valence-electron chi connectivity index (χ3n) is 2.77. The first kappa shape index (κ1) is 12.6. The summed E-state index contributed by atoms with van der Waals surface area (Å²) in [5.74, 6) is 0.993. The molecule has 2 aromatic rings. The Balaban J connectivity index is 2.42. The van der Waals surface area contributed by atoms with Crippen LogP contribution >= 0.6 is 0 Å². The van der Waals surface area contributed by atoms with Gasteiger partial charge in [0.15, 0.2) is 5.82 Å². The highest BCUT2D eigenvalue weighted by Crippen LogP contribution is 2.22. The predicted molar refractivity (Wildman–Crippen MR) is 66.7 cm³/mol. The van der Waals surface area contributed by atoms with Crippen LogP contribution in [0.4, 0.5) is 0 Å². The lowest BCUT2D eigenvalue weighted by Gasteiger charge is -2.02. The predicted octanol–water partition coefficient (Wildman–Crippen LogP) is 1.81. The van der Waals surface area contributed by atoms with Crippen LogP contribution in [0.3, 0.4) is 0 Å². The van der Waals surface area contributed by atoms with Crippen molar-refractivity contribution in [1.82, 2.24) is 20.3 Å². The zero-order valence-electron chi connectivity index (χ0n) is 10.8. The summed E-state index contributed by atoms with van der Waals surface area (Å²) in [7, 11) is 0. The number of rotatable bonds is 4. The Morgan fingerprint density at radius 1 is 1.33 bits per heavy atom. The molecule has 0 radical (unpaired) electrons. The number of aryl methyl sites for hydroxylation is 2. The van der Waals surface area contributed by atoms with Crippen molar-refractivity contribution in [2.24, 2.45) is 5.73 Å². The number of nitrogens with zero attached hydrogens (tertiary/aromatic N) is 4. The summed E-state index contributed by atoms with van der Waals surface area (Å²) in [6.07, 6.45) is 1.54.